The minimum absolute atomic E-state index is 0.00584. The summed E-state index contributed by atoms with van der Waals surface area (Å²) < 4.78 is 9.87. The zero-order valence-electron chi connectivity index (χ0n) is 10.6. The summed E-state index contributed by atoms with van der Waals surface area (Å²) in [5.41, 5.74) is 0.855. The van der Waals surface area contributed by atoms with Crippen LogP contribution in [0, 0.1) is 10.1 Å². The molecule has 100 valence electrons. The van der Waals surface area contributed by atoms with Crippen LogP contribution in [0.25, 0.3) is 0 Å². The lowest BCUT2D eigenvalue weighted by Gasteiger charge is -2.06. The average Bonchev–Trinajstić information content (AvgIpc) is 2.38. The summed E-state index contributed by atoms with van der Waals surface area (Å²) in [6, 6.07) is 4.96. The van der Waals surface area contributed by atoms with E-state index in [1.807, 2.05) is 6.07 Å². The third-order valence-electron chi connectivity index (χ3n) is 2.47. The van der Waals surface area contributed by atoms with Crippen molar-refractivity contribution in [1.82, 2.24) is 5.32 Å². The molecule has 0 aliphatic heterocycles. The van der Waals surface area contributed by atoms with E-state index in [9.17, 15) is 10.1 Å². The van der Waals surface area contributed by atoms with Crippen molar-refractivity contribution in [2.45, 2.75) is 13.0 Å². The van der Waals surface area contributed by atoms with Gasteiger partial charge in [-0.1, -0.05) is 6.07 Å². The van der Waals surface area contributed by atoms with E-state index in [1.165, 1.54) is 13.2 Å². The van der Waals surface area contributed by atoms with Crippen molar-refractivity contribution in [3.8, 4) is 5.75 Å². The van der Waals surface area contributed by atoms with E-state index in [2.05, 4.69) is 5.32 Å². The number of nitrogens with one attached hydrogen (secondary N) is 1. The molecule has 0 saturated carbocycles. The number of ether oxygens (including phenoxy) is 2. The number of nitro benzene ring substituents is 1. The van der Waals surface area contributed by atoms with Gasteiger partial charge in [-0.15, -0.1) is 0 Å². The molecule has 6 nitrogen and oxygen atoms in total. The zero-order valence-corrected chi connectivity index (χ0v) is 10.6. The van der Waals surface area contributed by atoms with Crippen LogP contribution in [0.2, 0.25) is 0 Å². The maximum Gasteiger partial charge on any atom is 0.311 e. The first-order chi connectivity index (χ1) is 8.69. The van der Waals surface area contributed by atoms with Crippen molar-refractivity contribution in [2.24, 2.45) is 0 Å². The molecule has 0 aliphatic carbocycles. The molecule has 0 spiro atoms. The highest BCUT2D eigenvalue weighted by molar-refractivity contribution is 5.48. The van der Waals surface area contributed by atoms with Crippen molar-refractivity contribution >= 4 is 5.69 Å². The van der Waals surface area contributed by atoms with Crippen LogP contribution < -0.4 is 10.1 Å². The van der Waals surface area contributed by atoms with Crippen molar-refractivity contribution in [1.29, 1.82) is 0 Å². The smallest absolute Gasteiger partial charge is 0.311 e. The van der Waals surface area contributed by atoms with Gasteiger partial charge < -0.3 is 14.8 Å². The molecule has 1 aromatic rings. The Morgan fingerprint density at radius 2 is 2.17 bits per heavy atom. The summed E-state index contributed by atoms with van der Waals surface area (Å²) >= 11 is 0. The maximum absolute atomic E-state index is 10.8. The molecule has 0 aromatic heterocycles. The van der Waals surface area contributed by atoms with E-state index >= 15 is 0 Å². The van der Waals surface area contributed by atoms with Crippen LogP contribution in [0.4, 0.5) is 5.69 Å². The third-order valence-corrected chi connectivity index (χ3v) is 2.47. The molecular weight excluding hydrogens is 236 g/mol. The molecule has 0 radical (unpaired) electrons. The highest BCUT2D eigenvalue weighted by Crippen LogP contribution is 2.27. The van der Waals surface area contributed by atoms with Gasteiger partial charge in [0.15, 0.2) is 5.75 Å². The van der Waals surface area contributed by atoms with E-state index in [-0.39, 0.29) is 11.4 Å². The van der Waals surface area contributed by atoms with Crippen LogP contribution >= 0.6 is 0 Å². The second kappa shape index (κ2) is 7.62. The molecule has 0 heterocycles. The molecule has 1 rings (SSSR count). The Hall–Kier alpha value is -1.66. The summed E-state index contributed by atoms with van der Waals surface area (Å²) in [6.07, 6.45) is 0.911. The molecule has 0 aliphatic rings. The van der Waals surface area contributed by atoms with Gasteiger partial charge in [-0.2, -0.15) is 0 Å². The van der Waals surface area contributed by atoms with Gasteiger partial charge in [-0.25, -0.2) is 0 Å². The summed E-state index contributed by atoms with van der Waals surface area (Å²) in [7, 11) is 3.08. The van der Waals surface area contributed by atoms with Gasteiger partial charge in [-0.05, 0) is 24.6 Å². The SMILES string of the molecule is COCCCNCc1ccc(OC)c([N+](=O)[O-])c1. The second-order valence-electron chi connectivity index (χ2n) is 3.79. The first kappa shape index (κ1) is 14.4. The maximum atomic E-state index is 10.8. The summed E-state index contributed by atoms with van der Waals surface area (Å²) in [5.74, 6) is 0.281. The van der Waals surface area contributed by atoms with E-state index in [4.69, 9.17) is 9.47 Å². The molecule has 1 N–H and O–H groups in total. The Labute approximate surface area is 106 Å². The molecule has 18 heavy (non-hydrogen) atoms. The molecule has 0 saturated heterocycles. The molecule has 0 amide bonds. The van der Waals surface area contributed by atoms with E-state index in [0.29, 0.717) is 13.2 Å². The van der Waals surface area contributed by atoms with Crippen LogP contribution in [0.15, 0.2) is 18.2 Å². The average molecular weight is 254 g/mol. The van der Waals surface area contributed by atoms with Crippen molar-refractivity contribution in [2.75, 3.05) is 27.4 Å². The topological polar surface area (TPSA) is 73.6 Å². The number of hydrogen-bond donors (Lipinski definition) is 1. The fraction of sp³-hybridized carbons (Fsp3) is 0.500. The quantitative estimate of drug-likeness (QED) is 0.434. The van der Waals surface area contributed by atoms with Gasteiger partial charge in [0.2, 0.25) is 0 Å². The van der Waals surface area contributed by atoms with Gasteiger partial charge in [0.05, 0.1) is 12.0 Å². The standard InChI is InChI=1S/C12H18N2O4/c1-17-7-3-6-13-9-10-4-5-12(18-2)11(8-10)14(15)16/h4-5,8,13H,3,6-7,9H2,1-2H3. The molecule has 6 heteroatoms. The third kappa shape index (κ3) is 4.31. The fourth-order valence-electron chi connectivity index (χ4n) is 1.56. The Kier molecular flexibility index (Phi) is 6.10. The van der Waals surface area contributed by atoms with E-state index in [0.717, 1.165) is 18.5 Å². The molecule has 0 fully saturated rings. The van der Waals surface area contributed by atoms with Crippen molar-refractivity contribution in [3.63, 3.8) is 0 Å². The van der Waals surface area contributed by atoms with Crippen LogP contribution in [0.1, 0.15) is 12.0 Å². The molecule has 1 aromatic carbocycles. The predicted molar refractivity (Wildman–Crippen MR) is 67.8 cm³/mol. The monoisotopic (exact) mass is 254 g/mol. The summed E-state index contributed by atoms with van der Waals surface area (Å²) in [4.78, 5) is 10.4. The lowest BCUT2D eigenvalue weighted by Crippen LogP contribution is -2.16. The minimum Gasteiger partial charge on any atom is -0.490 e. The highest BCUT2D eigenvalue weighted by atomic mass is 16.6. The summed E-state index contributed by atoms with van der Waals surface area (Å²) in [5, 5.41) is 14.0. The van der Waals surface area contributed by atoms with Gasteiger partial charge in [-0.3, -0.25) is 10.1 Å². The minimum atomic E-state index is -0.437. The van der Waals surface area contributed by atoms with Gasteiger partial charge in [0.1, 0.15) is 0 Å². The number of nitro groups is 1. The normalized spacial score (nSPS) is 10.3. The fourth-order valence-corrected chi connectivity index (χ4v) is 1.56. The van der Waals surface area contributed by atoms with Crippen LogP contribution in [0.3, 0.4) is 0 Å². The van der Waals surface area contributed by atoms with E-state index < -0.39 is 4.92 Å². The van der Waals surface area contributed by atoms with Crippen molar-refractivity contribution in [3.05, 3.63) is 33.9 Å². The number of hydrogen-bond acceptors (Lipinski definition) is 5. The van der Waals surface area contributed by atoms with Gasteiger partial charge in [0, 0.05) is 26.3 Å². The molecule has 0 atom stereocenters. The lowest BCUT2D eigenvalue weighted by atomic mass is 10.2. The number of nitrogens with zero attached hydrogens (tertiary/aromatic N) is 1. The first-order valence-corrected chi connectivity index (χ1v) is 5.70. The Balaban J connectivity index is 2.56. The molecular formula is C12H18N2O4. The van der Waals surface area contributed by atoms with E-state index in [1.54, 1.807) is 13.2 Å². The predicted octanol–water partition coefficient (Wildman–Crippen LogP) is 1.73. The Bertz CT molecular complexity index is 396. The second-order valence-corrected chi connectivity index (χ2v) is 3.79. The molecule has 0 unspecified atom stereocenters. The number of methoxy groups -OCH3 is 2. The zero-order chi connectivity index (χ0) is 13.4. The Morgan fingerprint density at radius 1 is 1.39 bits per heavy atom. The molecule has 0 bridgehead atoms. The van der Waals surface area contributed by atoms with Crippen LogP contribution in [-0.4, -0.2) is 32.3 Å². The lowest BCUT2D eigenvalue weighted by molar-refractivity contribution is -0.385. The Morgan fingerprint density at radius 3 is 2.78 bits per heavy atom. The number of rotatable bonds is 8. The van der Waals surface area contributed by atoms with Crippen LogP contribution in [0.5, 0.6) is 5.75 Å². The van der Waals surface area contributed by atoms with Crippen LogP contribution in [-0.2, 0) is 11.3 Å². The first-order valence-electron chi connectivity index (χ1n) is 5.70. The van der Waals surface area contributed by atoms with Gasteiger partial charge >= 0.3 is 5.69 Å². The number of benzene rings is 1. The largest absolute Gasteiger partial charge is 0.490 e. The van der Waals surface area contributed by atoms with Crippen molar-refractivity contribution < 1.29 is 14.4 Å². The van der Waals surface area contributed by atoms with Gasteiger partial charge in [0.25, 0.3) is 0 Å². The highest BCUT2D eigenvalue weighted by Gasteiger charge is 2.14. The summed E-state index contributed by atoms with van der Waals surface area (Å²) in [6.45, 7) is 2.11.